The van der Waals surface area contributed by atoms with E-state index in [1.165, 1.54) is 34.8 Å². The molecular formula is C46H68ClN3O15S2. The van der Waals surface area contributed by atoms with Crippen molar-refractivity contribution in [1.82, 2.24) is 10.2 Å². The van der Waals surface area contributed by atoms with Crippen LogP contribution in [0.3, 0.4) is 0 Å². The Morgan fingerprint density at radius 3 is 2.27 bits per heavy atom. The van der Waals surface area contributed by atoms with Gasteiger partial charge in [-0.25, -0.2) is 9.59 Å². The maximum Gasteiger partial charge on any atom is 0.409 e. The van der Waals surface area contributed by atoms with Crippen molar-refractivity contribution in [2.45, 2.75) is 109 Å². The molecule has 1 aromatic rings. The van der Waals surface area contributed by atoms with Crippen LogP contribution in [0.4, 0.5) is 10.5 Å². The number of benzene rings is 1. The van der Waals surface area contributed by atoms with E-state index in [-0.39, 0.29) is 38.2 Å². The zero-order chi connectivity index (χ0) is 49.3. The standard InChI is InChI=1S/C46H68ClN3O15S2/c1-29-10-9-11-36(58-8)46(57)28-35(63-44(56)48-46)31(3)42-45(5,65-42)37(27-39(52)50(7)34-26-33(24-29)25-30(2)41(34)47)64-43(55)32(4)49(6)38(51)13-22-66-67-23-21-62-20-19-61-18-17-60-16-15-59-14-12-40(53)54/h9-11,25-26,31-32,35-37,42,57H,12-24,27-28H2,1-8H3,(H,48,56)(H,53,54)/b11-9+,29-10+/t31-,32+,35+,36-,37+,42+,45+,46+/m1/s1. The van der Waals surface area contributed by atoms with Gasteiger partial charge in [0.25, 0.3) is 0 Å². The number of carbonyl (C=O) groups excluding carboxylic acids is 4. The number of aryl methyl sites for hydroxylation is 1. The Balaban J connectivity index is 1.33. The highest BCUT2D eigenvalue weighted by Crippen LogP contribution is 2.49. The van der Waals surface area contributed by atoms with Crippen molar-refractivity contribution in [2.24, 2.45) is 5.92 Å². The number of fused-ring (bicyclic) bond motifs is 5. The van der Waals surface area contributed by atoms with Crippen molar-refractivity contribution in [3.63, 3.8) is 0 Å². The van der Waals surface area contributed by atoms with Gasteiger partial charge in [0.2, 0.25) is 11.8 Å². The van der Waals surface area contributed by atoms with Gasteiger partial charge in [-0.15, -0.1) is 0 Å². The summed E-state index contributed by atoms with van der Waals surface area (Å²) >= 11 is 6.81. The van der Waals surface area contributed by atoms with E-state index in [4.69, 9.17) is 54.6 Å². The molecule has 67 heavy (non-hydrogen) atoms. The summed E-state index contributed by atoms with van der Waals surface area (Å²) in [5.74, 6) is -1.66. The van der Waals surface area contributed by atoms with Crippen molar-refractivity contribution >= 4 is 68.7 Å². The molecule has 18 nitrogen and oxygen atoms in total. The smallest absolute Gasteiger partial charge is 0.409 e. The van der Waals surface area contributed by atoms with E-state index in [2.05, 4.69) is 5.32 Å². The van der Waals surface area contributed by atoms with Crippen molar-refractivity contribution in [3.05, 3.63) is 52.1 Å². The number of amides is 3. The first-order valence-corrected chi connectivity index (χ1v) is 25.2. The number of aliphatic carboxylic acids is 1. The number of rotatable bonds is 23. The van der Waals surface area contributed by atoms with Gasteiger partial charge in [-0.1, -0.05) is 70.0 Å². The summed E-state index contributed by atoms with van der Waals surface area (Å²) in [5.41, 5.74) is 0.0536. The van der Waals surface area contributed by atoms with Gasteiger partial charge in [0.1, 0.15) is 30.0 Å². The van der Waals surface area contributed by atoms with Crippen molar-refractivity contribution in [2.75, 3.05) is 90.5 Å². The molecule has 2 saturated heterocycles. The summed E-state index contributed by atoms with van der Waals surface area (Å²) in [6, 6.07) is 2.79. The van der Waals surface area contributed by atoms with E-state index >= 15 is 0 Å². The second-order valence-electron chi connectivity index (χ2n) is 17.0. The number of aliphatic hydroxyl groups is 1. The third-order valence-electron chi connectivity index (χ3n) is 11.9. The number of allylic oxidation sites excluding steroid dienone is 3. The Morgan fingerprint density at radius 1 is 1.00 bits per heavy atom. The van der Waals surface area contributed by atoms with Gasteiger partial charge in [0.15, 0.2) is 5.72 Å². The number of nitrogens with zero attached hydrogens (tertiary/aromatic N) is 2. The Labute approximate surface area is 406 Å². The maximum absolute atomic E-state index is 14.2. The van der Waals surface area contributed by atoms with Crippen molar-refractivity contribution in [3.8, 4) is 0 Å². The average molecular weight is 1000 g/mol. The molecule has 4 rings (SSSR count). The molecule has 0 spiro atoms. The number of halogens is 1. The summed E-state index contributed by atoms with van der Waals surface area (Å²) in [6.45, 7) is 11.8. The van der Waals surface area contributed by atoms with Gasteiger partial charge in [0, 0.05) is 51.5 Å². The zero-order valence-electron chi connectivity index (χ0n) is 39.7. The molecule has 3 aliphatic rings. The van der Waals surface area contributed by atoms with Crippen LogP contribution >= 0.6 is 33.2 Å². The number of carbonyl (C=O) groups is 5. The van der Waals surface area contributed by atoms with E-state index in [1.54, 1.807) is 50.8 Å². The Hall–Kier alpha value is -3.44. The number of likely N-dealkylation sites (N-methyl/N-ethyl adjacent to an activating group) is 1. The molecule has 8 atom stereocenters. The zero-order valence-corrected chi connectivity index (χ0v) is 42.1. The first-order valence-electron chi connectivity index (χ1n) is 22.4. The molecular weight excluding hydrogens is 934 g/mol. The second-order valence-corrected chi connectivity index (χ2v) is 20.1. The number of nitrogens with one attached hydrogen (secondary N) is 1. The molecule has 3 N–H and O–H groups in total. The molecule has 3 heterocycles. The van der Waals surface area contributed by atoms with Crippen LogP contribution < -0.4 is 10.2 Å². The molecule has 0 unspecified atom stereocenters. The van der Waals surface area contributed by atoms with Crippen LogP contribution in [0, 0.1) is 12.8 Å². The summed E-state index contributed by atoms with van der Waals surface area (Å²) in [6.07, 6.45) is 1.15. The average Bonchev–Trinajstić information content (AvgIpc) is 3.98. The SMILES string of the molecule is CO[C@@H]1/C=C/C=C(\C)Cc2cc(C)c(Cl)c(c2)N(C)C(=O)C[C@H](OC(=O)[C@H](C)N(C)C(=O)CCSSCCOCCOCCOCCOCCC(=O)O)[C@]2(C)O[C@H]2[C@H](C)[C@@H]2C[C@@]1(O)NC(=O)O2. The molecule has 0 saturated carbocycles. The molecule has 376 valence electrons. The quantitative estimate of drug-likeness (QED) is 0.0560. The van der Waals surface area contributed by atoms with Crippen LogP contribution in [-0.4, -0.2) is 172 Å². The fraction of sp³-hybridized carbons (Fsp3) is 0.674. The number of esters is 1. The van der Waals surface area contributed by atoms with E-state index in [0.717, 1.165) is 16.7 Å². The van der Waals surface area contributed by atoms with Gasteiger partial charge < -0.3 is 57.9 Å². The summed E-state index contributed by atoms with van der Waals surface area (Å²) in [4.78, 5) is 67.6. The number of hydrogen-bond donors (Lipinski definition) is 3. The number of anilines is 1. The molecule has 21 heteroatoms. The molecule has 1 aromatic carbocycles. The number of alkyl carbamates (subject to hydrolysis) is 1. The van der Waals surface area contributed by atoms with Crippen molar-refractivity contribution < 1.29 is 72.1 Å². The number of hydrogen-bond acceptors (Lipinski definition) is 16. The lowest BCUT2D eigenvalue weighted by atomic mass is 9.83. The molecule has 0 aliphatic carbocycles. The topological polar surface area (TPSA) is 221 Å². The first-order chi connectivity index (χ1) is 31.8. The Bertz CT molecular complexity index is 1910. The fourth-order valence-corrected chi connectivity index (χ4v) is 9.77. The summed E-state index contributed by atoms with van der Waals surface area (Å²) in [5, 5.41) is 23.3. The van der Waals surface area contributed by atoms with Gasteiger partial charge in [-0.05, 0) is 51.3 Å². The van der Waals surface area contributed by atoms with E-state index in [9.17, 15) is 29.1 Å². The normalized spacial score (nSPS) is 27.2. The molecule has 3 amide bonds. The number of carboxylic acid groups (broad SMARTS) is 1. The third kappa shape index (κ3) is 16.9. The highest BCUT2D eigenvalue weighted by molar-refractivity contribution is 8.76. The monoisotopic (exact) mass is 1000 g/mol. The number of epoxide rings is 1. The molecule has 0 aromatic heterocycles. The minimum Gasteiger partial charge on any atom is -0.481 e. The van der Waals surface area contributed by atoms with Gasteiger partial charge in [-0.2, -0.15) is 0 Å². The van der Waals surface area contributed by atoms with Gasteiger partial charge >= 0.3 is 18.0 Å². The van der Waals surface area contributed by atoms with Crippen molar-refractivity contribution in [1.29, 1.82) is 0 Å². The second kappa shape index (κ2) is 27.1. The lowest BCUT2D eigenvalue weighted by molar-refractivity contribution is -0.162. The van der Waals surface area contributed by atoms with Gasteiger partial charge in [-0.3, -0.25) is 19.7 Å². The maximum atomic E-state index is 14.2. The number of carboxylic acids is 1. The van der Waals surface area contributed by atoms with Crippen LogP contribution in [0.5, 0.6) is 0 Å². The summed E-state index contributed by atoms with van der Waals surface area (Å²) in [7, 11) is 7.66. The van der Waals surface area contributed by atoms with Crippen LogP contribution in [0.25, 0.3) is 0 Å². The molecule has 0 radical (unpaired) electrons. The predicted octanol–water partition coefficient (Wildman–Crippen LogP) is 5.13. The highest BCUT2D eigenvalue weighted by atomic mass is 35.5. The fourth-order valence-electron chi connectivity index (χ4n) is 7.69. The van der Waals surface area contributed by atoms with Crippen LogP contribution in [0.1, 0.15) is 64.5 Å². The minimum atomic E-state index is -1.83. The number of methoxy groups -OCH3 is 1. The van der Waals surface area contributed by atoms with E-state index in [1.807, 2.05) is 32.1 Å². The predicted molar refractivity (Wildman–Crippen MR) is 254 cm³/mol. The third-order valence-corrected chi connectivity index (χ3v) is 14.8. The van der Waals surface area contributed by atoms with E-state index < -0.39 is 71.6 Å². The van der Waals surface area contributed by atoms with Crippen LogP contribution in [0.15, 0.2) is 35.9 Å². The largest absolute Gasteiger partial charge is 0.481 e. The molecule has 4 bridgehead atoms. The van der Waals surface area contributed by atoms with Crippen LogP contribution in [-0.2, 0) is 63.5 Å². The molecule has 2 fully saturated rings. The Kier molecular flexibility index (Phi) is 22.7. The Morgan fingerprint density at radius 2 is 1.63 bits per heavy atom. The van der Waals surface area contributed by atoms with Crippen LogP contribution in [0.2, 0.25) is 5.02 Å². The number of ether oxygens (including phenoxy) is 8. The lowest BCUT2D eigenvalue weighted by Crippen LogP contribution is -2.63. The molecule has 3 aliphatic heterocycles. The minimum absolute atomic E-state index is 0.0391. The first kappa shape index (κ1) is 56.2. The highest BCUT2D eigenvalue weighted by Gasteiger charge is 2.64. The lowest BCUT2D eigenvalue weighted by Gasteiger charge is -2.42. The van der Waals surface area contributed by atoms with Gasteiger partial charge in [0.05, 0.1) is 82.5 Å². The van der Waals surface area contributed by atoms with E-state index in [0.29, 0.717) is 74.9 Å². The summed E-state index contributed by atoms with van der Waals surface area (Å²) < 4.78 is 45.4.